The van der Waals surface area contributed by atoms with Crippen LogP contribution in [0.5, 0.6) is 5.75 Å². The first-order valence-corrected chi connectivity index (χ1v) is 8.06. The Hall–Kier alpha value is -2.97. The van der Waals surface area contributed by atoms with Gasteiger partial charge in [-0.3, -0.25) is 9.78 Å². The van der Waals surface area contributed by atoms with Gasteiger partial charge in [0.2, 0.25) is 5.91 Å². The van der Waals surface area contributed by atoms with Crippen LogP contribution in [-0.2, 0) is 17.9 Å². The molecule has 0 fully saturated rings. The molecule has 1 amide bonds. The third kappa shape index (κ3) is 4.16. The van der Waals surface area contributed by atoms with Crippen LogP contribution in [0.3, 0.4) is 0 Å². The third-order valence-corrected chi connectivity index (χ3v) is 3.80. The SMILES string of the molecule is COc1ccc(Cl)cc1NC(=O)Cn1cc(-c2ccc(CO)nc2)nn1. The number of nitrogens with one attached hydrogen (secondary N) is 1. The number of amides is 1. The van der Waals surface area contributed by atoms with Gasteiger partial charge in [-0.25, -0.2) is 4.68 Å². The number of benzene rings is 1. The molecule has 0 spiro atoms. The molecule has 1 aromatic carbocycles. The maximum Gasteiger partial charge on any atom is 0.246 e. The van der Waals surface area contributed by atoms with Gasteiger partial charge < -0.3 is 15.2 Å². The lowest BCUT2D eigenvalue weighted by Gasteiger charge is -2.10. The Labute approximate surface area is 154 Å². The third-order valence-electron chi connectivity index (χ3n) is 3.56. The zero-order valence-corrected chi connectivity index (χ0v) is 14.6. The minimum atomic E-state index is -0.296. The van der Waals surface area contributed by atoms with Crippen molar-refractivity contribution < 1.29 is 14.6 Å². The molecule has 0 aliphatic rings. The predicted octanol–water partition coefficient (Wildman–Crippen LogP) is 2.13. The number of anilines is 1. The van der Waals surface area contributed by atoms with E-state index in [9.17, 15) is 4.79 Å². The molecular weight excluding hydrogens is 358 g/mol. The summed E-state index contributed by atoms with van der Waals surface area (Å²) in [5.41, 5.74) is 2.37. The van der Waals surface area contributed by atoms with Gasteiger partial charge in [-0.15, -0.1) is 5.10 Å². The molecule has 0 saturated carbocycles. The number of ether oxygens (including phenoxy) is 1. The Morgan fingerprint density at radius 3 is 2.88 bits per heavy atom. The van der Waals surface area contributed by atoms with Crippen LogP contribution in [0, 0.1) is 0 Å². The first-order chi connectivity index (χ1) is 12.6. The minimum Gasteiger partial charge on any atom is -0.495 e. The molecule has 8 nitrogen and oxygen atoms in total. The minimum absolute atomic E-state index is 0.0230. The lowest BCUT2D eigenvalue weighted by atomic mass is 10.2. The summed E-state index contributed by atoms with van der Waals surface area (Å²) in [6.45, 7) is -0.148. The fourth-order valence-electron chi connectivity index (χ4n) is 2.29. The second kappa shape index (κ2) is 7.94. The van der Waals surface area contributed by atoms with Gasteiger partial charge in [0, 0.05) is 16.8 Å². The van der Waals surface area contributed by atoms with E-state index >= 15 is 0 Å². The monoisotopic (exact) mass is 373 g/mol. The molecule has 3 aromatic rings. The van der Waals surface area contributed by atoms with Crippen LogP contribution < -0.4 is 10.1 Å². The van der Waals surface area contributed by atoms with E-state index in [0.717, 1.165) is 5.56 Å². The number of rotatable bonds is 6. The molecule has 2 N–H and O–H groups in total. The largest absolute Gasteiger partial charge is 0.495 e. The number of hydrogen-bond donors (Lipinski definition) is 2. The Kier molecular flexibility index (Phi) is 5.45. The zero-order valence-electron chi connectivity index (χ0n) is 13.9. The molecule has 2 aromatic heterocycles. The Bertz CT molecular complexity index is 911. The van der Waals surface area contributed by atoms with Gasteiger partial charge in [-0.1, -0.05) is 16.8 Å². The second-order valence-electron chi connectivity index (χ2n) is 5.39. The molecule has 0 atom stereocenters. The smallest absolute Gasteiger partial charge is 0.246 e. The van der Waals surface area contributed by atoms with Crippen molar-refractivity contribution in [3.63, 3.8) is 0 Å². The fraction of sp³-hybridized carbons (Fsp3) is 0.176. The van der Waals surface area contributed by atoms with E-state index < -0.39 is 0 Å². The zero-order chi connectivity index (χ0) is 18.5. The van der Waals surface area contributed by atoms with Gasteiger partial charge in [-0.2, -0.15) is 0 Å². The Balaban J connectivity index is 1.69. The fourth-order valence-corrected chi connectivity index (χ4v) is 2.46. The highest BCUT2D eigenvalue weighted by Gasteiger charge is 2.11. The summed E-state index contributed by atoms with van der Waals surface area (Å²) in [4.78, 5) is 16.3. The number of aliphatic hydroxyl groups is 1. The molecule has 134 valence electrons. The Morgan fingerprint density at radius 1 is 1.35 bits per heavy atom. The van der Waals surface area contributed by atoms with Crippen LogP contribution in [0.1, 0.15) is 5.69 Å². The van der Waals surface area contributed by atoms with E-state index in [4.69, 9.17) is 21.4 Å². The van der Waals surface area contributed by atoms with E-state index in [2.05, 4.69) is 20.6 Å². The summed E-state index contributed by atoms with van der Waals surface area (Å²) >= 11 is 5.95. The van der Waals surface area contributed by atoms with E-state index in [1.165, 1.54) is 11.8 Å². The van der Waals surface area contributed by atoms with Crippen molar-refractivity contribution >= 4 is 23.2 Å². The number of methoxy groups -OCH3 is 1. The van der Waals surface area contributed by atoms with E-state index in [1.807, 2.05) is 0 Å². The van der Waals surface area contributed by atoms with Crippen molar-refractivity contribution in [3.8, 4) is 17.0 Å². The quantitative estimate of drug-likeness (QED) is 0.686. The molecule has 9 heteroatoms. The summed E-state index contributed by atoms with van der Waals surface area (Å²) in [6, 6.07) is 8.44. The number of hydrogen-bond acceptors (Lipinski definition) is 6. The molecule has 0 aliphatic heterocycles. The normalized spacial score (nSPS) is 10.6. The molecule has 2 heterocycles. The highest BCUT2D eigenvalue weighted by Crippen LogP contribution is 2.27. The highest BCUT2D eigenvalue weighted by molar-refractivity contribution is 6.31. The topological polar surface area (TPSA) is 102 Å². The summed E-state index contributed by atoms with van der Waals surface area (Å²) in [5, 5.41) is 20.2. The van der Waals surface area contributed by atoms with E-state index in [1.54, 1.807) is 42.7 Å². The Morgan fingerprint density at radius 2 is 2.19 bits per heavy atom. The maximum atomic E-state index is 12.3. The van der Waals surface area contributed by atoms with Crippen molar-refractivity contribution in [2.24, 2.45) is 0 Å². The summed E-state index contributed by atoms with van der Waals surface area (Å²) in [6.07, 6.45) is 3.24. The number of carbonyl (C=O) groups is 1. The summed E-state index contributed by atoms with van der Waals surface area (Å²) in [5.74, 6) is 0.216. The van der Waals surface area contributed by atoms with Crippen molar-refractivity contribution in [2.75, 3.05) is 12.4 Å². The van der Waals surface area contributed by atoms with Gasteiger partial charge in [-0.05, 0) is 30.3 Å². The molecule has 3 rings (SSSR count). The van der Waals surface area contributed by atoms with Crippen LogP contribution in [0.2, 0.25) is 5.02 Å². The van der Waals surface area contributed by atoms with Gasteiger partial charge in [0.15, 0.2) is 0 Å². The molecule has 0 saturated heterocycles. The molecule has 0 radical (unpaired) electrons. The summed E-state index contributed by atoms with van der Waals surface area (Å²) in [7, 11) is 1.51. The van der Waals surface area contributed by atoms with Crippen LogP contribution in [-0.4, -0.2) is 38.1 Å². The van der Waals surface area contributed by atoms with Gasteiger partial charge in [0.1, 0.15) is 18.0 Å². The second-order valence-corrected chi connectivity index (χ2v) is 5.83. The van der Waals surface area contributed by atoms with Crippen molar-refractivity contribution in [1.29, 1.82) is 0 Å². The van der Waals surface area contributed by atoms with Crippen LogP contribution in [0.25, 0.3) is 11.3 Å². The van der Waals surface area contributed by atoms with E-state index in [0.29, 0.717) is 27.8 Å². The van der Waals surface area contributed by atoms with Gasteiger partial charge in [0.05, 0.1) is 31.3 Å². The van der Waals surface area contributed by atoms with Crippen LogP contribution in [0.4, 0.5) is 5.69 Å². The van der Waals surface area contributed by atoms with Crippen molar-refractivity contribution in [1.82, 2.24) is 20.0 Å². The molecule has 26 heavy (non-hydrogen) atoms. The lowest BCUT2D eigenvalue weighted by molar-refractivity contribution is -0.116. The van der Waals surface area contributed by atoms with Crippen molar-refractivity contribution in [2.45, 2.75) is 13.2 Å². The maximum absolute atomic E-state index is 12.3. The first kappa shape index (κ1) is 17.8. The average molecular weight is 374 g/mol. The molecule has 0 unspecified atom stereocenters. The van der Waals surface area contributed by atoms with Crippen LogP contribution in [0.15, 0.2) is 42.7 Å². The molecule has 0 aliphatic carbocycles. The number of halogens is 1. The standard InChI is InChI=1S/C17H16ClN5O3/c1-26-16-5-3-12(18)6-14(16)20-17(25)9-23-8-15(21-22-23)11-2-4-13(10-24)19-7-11/h2-8,24H,9-10H2,1H3,(H,20,25). The summed E-state index contributed by atoms with van der Waals surface area (Å²) < 4.78 is 6.62. The van der Waals surface area contributed by atoms with E-state index in [-0.39, 0.29) is 19.1 Å². The number of nitrogens with zero attached hydrogens (tertiary/aromatic N) is 4. The molecule has 0 bridgehead atoms. The number of aromatic nitrogens is 4. The van der Waals surface area contributed by atoms with Crippen LogP contribution >= 0.6 is 11.6 Å². The first-order valence-electron chi connectivity index (χ1n) is 7.68. The van der Waals surface area contributed by atoms with Gasteiger partial charge in [0.25, 0.3) is 0 Å². The molecular formula is C17H16ClN5O3. The highest BCUT2D eigenvalue weighted by atomic mass is 35.5. The number of pyridine rings is 1. The van der Waals surface area contributed by atoms with Gasteiger partial charge >= 0.3 is 0 Å². The lowest BCUT2D eigenvalue weighted by Crippen LogP contribution is -2.19. The number of aliphatic hydroxyl groups excluding tert-OH is 1. The van der Waals surface area contributed by atoms with Crippen molar-refractivity contribution in [3.05, 3.63) is 53.4 Å². The average Bonchev–Trinajstić information content (AvgIpc) is 3.10. The number of carbonyl (C=O) groups excluding carboxylic acids is 1. The predicted molar refractivity (Wildman–Crippen MR) is 95.8 cm³/mol.